The second-order valence-corrected chi connectivity index (χ2v) is 6.10. The van der Waals surface area contributed by atoms with E-state index in [1.807, 2.05) is 13.8 Å². The normalized spacial score (nSPS) is 27.9. The van der Waals surface area contributed by atoms with Gasteiger partial charge in [0.15, 0.2) is 11.2 Å². The summed E-state index contributed by atoms with van der Waals surface area (Å²) >= 11 is 0. The predicted molar refractivity (Wildman–Crippen MR) is 75.3 cm³/mol. The summed E-state index contributed by atoms with van der Waals surface area (Å²) in [7, 11) is 2.53. The highest BCUT2D eigenvalue weighted by molar-refractivity contribution is 6.07. The number of carbonyl (C=O) groups excluding carboxylic acids is 3. The zero-order valence-corrected chi connectivity index (χ0v) is 13.0. The topological polar surface area (TPSA) is 69.7 Å². The average molecular weight is 294 g/mol. The number of Topliss-reactive ketones (excluding diaryl/α,β-unsaturated/α-hetero) is 1. The Morgan fingerprint density at radius 1 is 1.19 bits per heavy atom. The van der Waals surface area contributed by atoms with E-state index in [4.69, 9.17) is 9.47 Å². The fourth-order valence-corrected chi connectivity index (χ4v) is 4.05. The van der Waals surface area contributed by atoms with E-state index >= 15 is 0 Å². The minimum absolute atomic E-state index is 0.0523. The van der Waals surface area contributed by atoms with Gasteiger partial charge in [-0.3, -0.25) is 14.4 Å². The average Bonchev–Trinajstić information content (AvgIpc) is 2.70. The second kappa shape index (κ2) is 5.62. The molecule has 0 aromatic rings. The van der Waals surface area contributed by atoms with Gasteiger partial charge in [-0.1, -0.05) is 12.5 Å². The number of rotatable bonds is 2. The number of esters is 2. The number of carbonyl (C=O) groups is 3. The maximum absolute atomic E-state index is 12.4. The van der Waals surface area contributed by atoms with E-state index in [1.165, 1.54) is 14.2 Å². The molecule has 0 heterocycles. The zero-order chi connectivity index (χ0) is 15.8. The fraction of sp³-hybridized carbons (Fsp3) is 0.688. The molecule has 5 heteroatoms. The molecular formula is C16H22O5. The molecular weight excluding hydrogens is 272 g/mol. The first-order valence-corrected chi connectivity index (χ1v) is 7.29. The SMILES string of the molecule is COC(=O)C1(C(=O)OC)CC(C)=C2C(=O)CCC[C@H](C)[C@@H]21. The van der Waals surface area contributed by atoms with E-state index in [0.29, 0.717) is 12.0 Å². The molecule has 21 heavy (non-hydrogen) atoms. The van der Waals surface area contributed by atoms with Crippen LogP contribution in [0.2, 0.25) is 0 Å². The summed E-state index contributed by atoms with van der Waals surface area (Å²) in [5.74, 6) is -1.53. The van der Waals surface area contributed by atoms with Crippen molar-refractivity contribution in [1.82, 2.24) is 0 Å². The largest absolute Gasteiger partial charge is 0.468 e. The molecule has 0 bridgehead atoms. The number of ketones is 1. The smallest absolute Gasteiger partial charge is 0.324 e. The van der Waals surface area contributed by atoms with Crippen molar-refractivity contribution in [2.24, 2.45) is 17.3 Å². The van der Waals surface area contributed by atoms with Crippen molar-refractivity contribution in [3.05, 3.63) is 11.1 Å². The van der Waals surface area contributed by atoms with Crippen molar-refractivity contribution >= 4 is 17.7 Å². The molecule has 1 saturated carbocycles. The van der Waals surface area contributed by atoms with Crippen LogP contribution in [0.25, 0.3) is 0 Å². The van der Waals surface area contributed by atoms with Crippen LogP contribution in [0.4, 0.5) is 0 Å². The van der Waals surface area contributed by atoms with Crippen LogP contribution in [0, 0.1) is 17.3 Å². The first-order chi connectivity index (χ1) is 9.90. The lowest BCUT2D eigenvalue weighted by molar-refractivity contribution is -0.173. The number of methoxy groups -OCH3 is 2. The highest BCUT2D eigenvalue weighted by Crippen LogP contribution is 2.54. The molecule has 0 aliphatic heterocycles. The molecule has 1 fully saturated rings. The molecule has 0 radical (unpaired) electrons. The molecule has 0 aromatic heterocycles. The lowest BCUT2D eigenvalue weighted by atomic mass is 9.68. The Bertz CT molecular complexity index is 501. The number of hydrogen-bond donors (Lipinski definition) is 0. The van der Waals surface area contributed by atoms with Gasteiger partial charge in [0.05, 0.1) is 14.2 Å². The van der Waals surface area contributed by atoms with Crippen molar-refractivity contribution in [2.75, 3.05) is 14.2 Å². The maximum atomic E-state index is 12.4. The monoisotopic (exact) mass is 294 g/mol. The van der Waals surface area contributed by atoms with Crippen LogP contribution in [0.3, 0.4) is 0 Å². The lowest BCUT2D eigenvalue weighted by Gasteiger charge is -2.34. The third-order valence-electron chi connectivity index (χ3n) is 4.88. The van der Waals surface area contributed by atoms with Crippen LogP contribution in [0.1, 0.15) is 39.5 Å². The van der Waals surface area contributed by atoms with Crippen LogP contribution in [-0.2, 0) is 23.9 Å². The van der Waals surface area contributed by atoms with Crippen molar-refractivity contribution < 1.29 is 23.9 Å². The van der Waals surface area contributed by atoms with Gasteiger partial charge in [0.25, 0.3) is 0 Å². The van der Waals surface area contributed by atoms with Gasteiger partial charge in [-0.05, 0) is 37.7 Å². The molecule has 0 amide bonds. The van der Waals surface area contributed by atoms with Crippen LogP contribution >= 0.6 is 0 Å². The zero-order valence-electron chi connectivity index (χ0n) is 13.0. The minimum atomic E-state index is -1.40. The van der Waals surface area contributed by atoms with Gasteiger partial charge >= 0.3 is 11.9 Å². The van der Waals surface area contributed by atoms with Gasteiger partial charge < -0.3 is 9.47 Å². The molecule has 0 N–H and O–H groups in total. The number of fused-ring (bicyclic) bond motifs is 1. The van der Waals surface area contributed by atoms with E-state index in [0.717, 1.165) is 18.4 Å². The summed E-state index contributed by atoms with van der Waals surface area (Å²) in [6, 6.07) is 0. The van der Waals surface area contributed by atoms with Crippen LogP contribution < -0.4 is 0 Å². The summed E-state index contributed by atoms with van der Waals surface area (Å²) in [4.78, 5) is 37.3. The molecule has 2 aliphatic carbocycles. The molecule has 0 saturated heterocycles. The molecule has 2 rings (SSSR count). The van der Waals surface area contributed by atoms with E-state index in [1.54, 1.807) is 0 Å². The fourth-order valence-electron chi connectivity index (χ4n) is 4.05. The second-order valence-electron chi connectivity index (χ2n) is 6.10. The van der Waals surface area contributed by atoms with E-state index in [9.17, 15) is 14.4 Å². The van der Waals surface area contributed by atoms with Crippen LogP contribution in [-0.4, -0.2) is 31.9 Å². The standard InChI is InChI=1S/C16H22O5/c1-9-6-5-7-11(17)12-10(2)8-16(13(9)12,14(18)20-3)15(19)21-4/h9,13H,5-8H2,1-4H3/t9-,13-/m0/s1. The Balaban J connectivity index is 2.61. The van der Waals surface area contributed by atoms with Crippen LogP contribution in [0.5, 0.6) is 0 Å². The Labute approximate surface area is 124 Å². The minimum Gasteiger partial charge on any atom is -0.468 e. The van der Waals surface area contributed by atoms with Crippen molar-refractivity contribution in [1.29, 1.82) is 0 Å². The molecule has 0 spiro atoms. The summed E-state index contributed by atoms with van der Waals surface area (Å²) in [5, 5.41) is 0. The van der Waals surface area contributed by atoms with E-state index < -0.39 is 23.3 Å². The van der Waals surface area contributed by atoms with Gasteiger partial charge in [-0.25, -0.2) is 0 Å². The third kappa shape index (κ3) is 2.19. The third-order valence-corrected chi connectivity index (χ3v) is 4.88. The quantitative estimate of drug-likeness (QED) is 0.576. The molecule has 0 aromatic carbocycles. The summed E-state index contributed by atoms with van der Waals surface area (Å²) in [6.45, 7) is 3.81. The molecule has 2 aliphatic rings. The number of allylic oxidation sites excluding steroid dienone is 2. The highest BCUT2D eigenvalue weighted by Gasteiger charge is 2.62. The Morgan fingerprint density at radius 3 is 2.29 bits per heavy atom. The van der Waals surface area contributed by atoms with E-state index in [-0.39, 0.29) is 18.1 Å². The van der Waals surface area contributed by atoms with Gasteiger partial charge in [0.2, 0.25) is 0 Å². The van der Waals surface area contributed by atoms with E-state index in [2.05, 4.69) is 0 Å². The van der Waals surface area contributed by atoms with Crippen molar-refractivity contribution in [3.63, 3.8) is 0 Å². The van der Waals surface area contributed by atoms with Crippen molar-refractivity contribution in [3.8, 4) is 0 Å². The number of ether oxygens (including phenoxy) is 2. The van der Waals surface area contributed by atoms with Gasteiger partial charge in [0.1, 0.15) is 0 Å². The molecule has 0 unspecified atom stereocenters. The van der Waals surface area contributed by atoms with Gasteiger partial charge in [0, 0.05) is 12.3 Å². The molecule has 2 atom stereocenters. The summed E-state index contributed by atoms with van der Waals surface area (Å²) in [6.07, 6.45) is 2.28. The van der Waals surface area contributed by atoms with Crippen molar-refractivity contribution in [2.45, 2.75) is 39.5 Å². The first kappa shape index (κ1) is 15.7. The van der Waals surface area contributed by atoms with Gasteiger partial charge in [-0.15, -0.1) is 0 Å². The maximum Gasteiger partial charge on any atom is 0.324 e. The Morgan fingerprint density at radius 2 is 1.76 bits per heavy atom. The molecule has 116 valence electrons. The Kier molecular flexibility index (Phi) is 4.21. The summed E-state index contributed by atoms with van der Waals surface area (Å²) < 4.78 is 9.81. The lowest BCUT2D eigenvalue weighted by Crippen LogP contribution is -2.47. The highest BCUT2D eigenvalue weighted by atomic mass is 16.5. The van der Waals surface area contributed by atoms with Gasteiger partial charge in [-0.2, -0.15) is 0 Å². The van der Waals surface area contributed by atoms with Crippen LogP contribution in [0.15, 0.2) is 11.1 Å². The first-order valence-electron chi connectivity index (χ1n) is 7.29. The molecule has 5 nitrogen and oxygen atoms in total. The Hall–Kier alpha value is -1.65. The summed E-state index contributed by atoms with van der Waals surface area (Å²) in [5.41, 5.74) is 0.0628. The number of hydrogen-bond acceptors (Lipinski definition) is 5. The predicted octanol–water partition coefficient (Wildman–Crippen LogP) is 2.04.